The summed E-state index contributed by atoms with van der Waals surface area (Å²) in [5.41, 5.74) is 1.65. The average Bonchev–Trinajstić information content (AvgIpc) is 2.84. The number of aryl methyl sites for hydroxylation is 1. The van der Waals surface area contributed by atoms with Crippen molar-refractivity contribution in [3.63, 3.8) is 0 Å². The highest BCUT2D eigenvalue weighted by Crippen LogP contribution is 2.16. The highest BCUT2D eigenvalue weighted by Gasteiger charge is 2.03. The first-order chi connectivity index (χ1) is 9.67. The average molecular weight is 274 g/mol. The van der Waals surface area contributed by atoms with Gasteiger partial charge in [-0.25, -0.2) is 9.78 Å². The van der Waals surface area contributed by atoms with Gasteiger partial charge in [-0.3, -0.25) is 0 Å². The monoisotopic (exact) mass is 274 g/mol. The van der Waals surface area contributed by atoms with Crippen LogP contribution in [0.2, 0.25) is 0 Å². The van der Waals surface area contributed by atoms with Crippen LogP contribution in [0.5, 0.6) is 5.75 Å². The molecule has 0 bridgehead atoms. The second-order valence-electron chi connectivity index (χ2n) is 4.39. The molecule has 0 aliphatic heterocycles. The lowest BCUT2D eigenvalue weighted by Crippen LogP contribution is -2.30. The molecule has 0 saturated heterocycles. The third-order valence-electron chi connectivity index (χ3n) is 2.75. The molecule has 2 aromatic rings. The largest absolute Gasteiger partial charge is 0.497 e. The quantitative estimate of drug-likeness (QED) is 0.873. The molecule has 2 amide bonds. The molecule has 2 rings (SSSR count). The predicted octanol–water partition coefficient (Wildman–Crippen LogP) is 1.79. The normalized spacial score (nSPS) is 10.1. The molecule has 0 saturated carbocycles. The van der Waals surface area contributed by atoms with Gasteiger partial charge in [0.1, 0.15) is 5.75 Å². The minimum absolute atomic E-state index is 0.241. The van der Waals surface area contributed by atoms with E-state index in [4.69, 9.17) is 4.74 Å². The number of amides is 2. The summed E-state index contributed by atoms with van der Waals surface area (Å²) in [6, 6.07) is 6.97. The summed E-state index contributed by atoms with van der Waals surface area (Å²) in [6.45, 7) is 0.535. The molecule has 1 aromatic carbocycles. The summed E-state index contributed by atoms with van der Waals surface area (Å²) in [5, 5.41) is 5.54. The minimum Gasteiger partial charge on any atom is -0.497 e. The Morgan fingerprint density at radius 1 is 1.45 bits per heavy atom. The Labute approximate surface area is 117 Å². The summed E-state index contributed by atoms with van der Waals surface area (Å²) < 4.78 is 6.98. The predicted molar refractivity (Wildman–Crippen MR) is 76.9 cm³/mol. The fourth-order valence-corrected chi connectivity index (χ4v) is 1.78. The Bertz CT molecular complexity index is 580. The summed E-state index contributed by atoms with van der Waals surface area (Å²) in [7, 11) is 3.51. The molecule has 0 radical (unpaired) electrons. The number of imidazole rings is 1. The minimum atomic E-state index is -0.241. The third-order valence-corrected chi connectivity index (χ3v) is 2.75. The van der Waals surface area contributed by atoms with Gasteiger partial charge in [0.15, 0.2) is 0 Å². The lowest BCUT2D eigenvalue weighted by molar-refractivity contribution is 0.252. The SMILES string of the molecule is COc1cccc(NC(=O)NCCc2cn(C)cn2)c1. The van der Waals surface area contributed by atoms with Gasteiger partial charge in [0.2, 0.25) is 0 Å². The number of urea groups is 1. The van der Waals surface area contributed by atoms with Crippen LogP contribution in [-0.4, -0.2) is 29.2 Å². The van der Waals surface area contributed by atoms with E-state index in [0.29, 0.717) is 24.4 Å². The number of nitrogens with one attached hydrogen (secondary N) is 2. The topological polar surface area (TPSA) is 68.2 Å². The van der Waals surface area contributed by atoms with Crippen LogP contribution in [0.1, 0.15) is 5.69 Å². The van der Waals surface area contributed by atoms with Crippen molar-refractivity contribution in [3.05, 3.63) is 42.5 Å². The van der Waals surface area contributed by atoms with Crippen LogP contribution in [0.25, 0.3) is 0 Å². The molecule has 106 valence electrons. The number of benzene rings is 1. The van der Waals surface area contributed by atoms with Crippen molar-refractivity contribution >= 4 is 11.7 Å². The van der Waals surface area contributed by atoms with E-state index in [1.54, 1.807) is 25.6 Å². The van der Waals surface area contributed by atoms with E-state index in [1.165, 1.54) is 0 Å². The Morgan fingerprint density at radius 3 is 3.00 bits per heavy atom. The van der Waals surface area contributed by atoms with Crippen LogP contribution >= 0.6 is 0 Å². The van der Waals surface area contributed by atoms with Crippen molar-refractivity contribution in [1.82, 2.24) is 14.9 Å². The molecule has 0 aliphatic carbocycles. The lowest BCUT2D eigenvalue weighted by Gasteiger charge is -2.08. The van der Waals surface area contributed by atoms with Crippen LogP contribution < -0.4 is 15.4 Å². The number of nitrogens with zero attached hydrogens (tertiary/aromatic N) is 2. The molecule has 6 nitrogen and oxygen atoms in total. The van der Waals surface area contributed by atoms with Gasteiger partial charge >= 0.3 is 6.03 Å². The standard InChI is InChI=1S/C14H18N4O2/c1-18-9-12(16-10-18)6-7-15-14(19)17-11-4-3-5-13(8-11)20-2/h3-5,8-10H,6-7H2,1-2H3,(H2,15,17,19). The molecule has 0 unspecified atom stereocenters. The van der Waals surface area contributed by atoms with Crippen LogP contribution in [0, 0.1) is 0 Å². The van der Waals surface area contributed by atoms with Gasteiger partial charge < -0.3 is 19.9 Å². The molecule has 0 fully saturated rings. The van der Waals surface area contributed by atoms with Gasteiger partial charge in [-0.05, 0) is 12.1 Å². The molecule has 0 atom stereocenters. The van der Waals surface area contributed by atoms with Crippen LogP contribution in [0.4, 0.5) is 10.5 Å². The van der Waals surface area contributed by atoms with Gasteiger partial charge in [-0.2, -0.15) is 0 Å². The van der Waals surface area contributed by atoms with E-state index in [9.17, 15) is 4.79 Å². The van der Waals surface area contributed by atoms with E-state index in [0.717, 1.165) is 5.69 Å². The molecular weight excluding hydrogens is 256 g/mol. The van der Waals surface area contributed by atoms with E-state index >= 15 is 0 Å². The first kappa shape index (κ1) is 13.9. The number of anilines is 1. The lowest BCUT2D eigenvalue weighted by atomic mass is 10.3. The highest BCUT2D eigenvalue weighted by molar-refractivity contribution is 5.89. The van der Waals surface area contributed by atoms with E-state index in [2.05, 4.69) is 15.6 Å². The molecule has 20 heavy (non-hydrogen) atoms. The number of aromatic nitrogens is 2. The van der Waals surface area contributed by atoms with Gasteiger partial charge in [-0.15, -0.1) is 0 Å². The molecule has 2 N–H and O–H groups in total. The Kier molecular flexibility index (Phi) is 4.60. The zero-order valence-electron chi connectivity index (χ0n) is 11.6. The number of methoxy groups -OCH3 is 1. The number of ether oxygens (including phenoxy) is 1. The number of rotatable bonds is 5. The molecule has 1 aromatic heterocycles. The Balaban J connectivity index is 1.77. The van der Waals surface area contributed by atoms with Crippen LogP contribution in [0.3, 0.4) is 0 Å². The van der Waals surface area contributed by atoms with E-state index < -0.39 is 0 Å². The van der Waals surface area contributed by atoms with Gasteiger partial charge in [0.05, 0.1) is 19.1 Å². The van der Waals surface area contributed by atoms with Crippen LogP contribution in [0.15, 0.2) is 36.8 Å². The van der Waals surface area contributed by atoms with Crippen LogP contribution in [-0.2, 0) is 13.5 Å². The molecule has 1 heterocycles. The number of carbonyl (C=O) groups is 1. The second kappa shape index (κ2) is 6.60. The fraction of sp³-hybridized carbons (Fsp3) is 0.286. The zero-order chi connectivity index (χ0) is 14.4. The first-order valence-corrected chi connectivity index (χ1v) is 6.33. The van der Waals surface area contributed by atoms with Crippen molar-refractivity contribution in [2.24, 2.45) is 7.05 Å². The first-order valence-electron chi connectivity index (χ1n) is 6.33. The summed E-state index contributed by atoms with van der Waals surface area (Å²) >= 11 is 0. The Morgan fingerprint density at radius 2 is 2.30 bits per heavy atom. The summed E-state index contributed by atoms with van der Waals surface area (Å²) in [6.07, 6.45) is 4.37. The van der Waals surface area contributed by atoms with Crippen molar-refractivity contribution in [3.8, 4) is 5.75 Å². The van der Waals surface area contributed by atoms with Gasteiger partial charge in [0, 0.05) is 38.0 Å². The number of carbonyl (C=O) groups excluding carboxylic acids is 1. The summed E-state index contributed by atoms with van der Waals surface area (Å²) in [4.78, 5) is 15.9. The second-order valence-corrected chi connectivity index (χ2v) is 4.39. The van der Waals surface area contributed by atoms with E-state index in [-0.39, 0.29) is 6.03 Å². The van der Waals surface area contributed by atoms with E-state index in [1.807, 2.05) is 29.9 Å². The number of hydrogen-bond donors (Lipinski definition) is 2. The maximum atomic E-state index is 11.7. The molecule has 0 spiro atoms. The van der Waals surface area contributed by atoms with Gasteiger partial charge in [-0.1, -0.05) is 6.07 Å². The van der Waals surface area contributed by atoms with Crippen molar-refractivity contribution in [1.29, 1.82) is 0 Å². The Hall–Kier alpha value is -2.50. The van der Waals surface area contributed by atoms with Crippen molar-refractivity contribution in [2.75, 3.05) is 19.0 Å². The molecule has 0 aliphatic rings. The smallest absolute Gasteiger partial charge is 0.319 e. The maximum absolute atomic E-state index is 11.7. The van der Waals surface area contributed by atoms with Crippen molar-refractivity contribution in [2.45, 2.75) is 6.42 Å². The van der Waals surface area contributed by atoms with Gasteiger partial charge in [0.25, 0.3) is 0 Å². The highest BCUT2D eigenvalue weighted by atomic mass is 16.5. The third kappa shape index (κ3) is 4.01. The zero-order valence-corrected chi connectivity index (χ0v) is 11.6. The fourth-order valence-electron chi connectivity index (χ4n) is 1.78. The molecular formula is C14H18N4O2. The van der Waals surface area contributed by atoms with Crippen molar-refractivity contribution < 1.29 is 9.53 Å². The molecule has 6 heteroatoms. The number of hydrogen-bond acceptors (Lipinski definition) is 3. The maximum Gasteiger partial charge on any atom is 0.319 e. The summed E-state index contributed by atoms with van der Waals surface area (Å²) in [5.74, 6) is 0.705.